The van der Waals surface area contributed by atoms with Crippen molar-refractivity contribution in [1.29, 1.82) is 0 Å². The molecule has 0 saturated heterocycles. The lowest BCUT2D eigenvalue weighted by Crippen LogP contribution is -2.32. The molecule has 0 aliphatic heterocycles. The highest BCUT2D eigenvalue weighted by atomic mass is 32.2. The van der Waals surface area contributed by atoms with Gasteiger partial charge >= 0.3 is 0 Å². The number of aryl methyl sites for hydroxylation is 2. The van der Waals surface area contributed by atoms with Crippen molar-refractivity contribution in [2.24, 2.45) is 0 Å². The van der Waals surface area contributed by atoms with E-state index in [1.807, 2.05) is 26.0 Å². The quantitative estimate of drug-likeness (QED) is 0.416. The molecule has 0 bridgehead atoms. The highest BCUT2D eigenvalue weighted by molar-refractivity contribution is 7.89. The lowest BCUT2D eigenvalue weighted by molar-refractivity contribution is 0.399. The normalized spacial score (nSPS) is 11.8. The van der Waals surface area contributed by atoms with Gasteiger partial charge in [-0.3, -0.25) is 4.79 Å². The van der Waals surface area contributed by atoms with Gasteiger partial charge in [0, 0.05) is 18.7 Å². The van der Waals surface area contributed by atoms with E-state index in [2.05, 4.69) is 4.98 Å². The number of halogens is 1. The van der Waals surface area contributed by atoms with Gasteiger partial charge in [-0.1, -0.05) is 23.8 Å². The Bertz CT molecular complexity index is 1500. The number of hydrogen-bond donors (Lipinski definition) is 1. The summed E-state index contributed by atoms with van der Waals surface area (Å²) in [6.07, 6.45) is 0. The molecule has 6 nitrogen and oxygen atoms in total. The minimum atomic E-state index is -3.99. The molecule has 176 valence electrons. The number of nitrogens with zero attached hydrogens (tertiary/aromatic N) is 1. The second-order valence-corrected chi connectivity index (χ2v) is 10.2. The molecule has 1 heterocycles. The number of aromatic amines is 1. The van der Waals surface area contributed by atoms with Crippen LogP contribution in [0.15, 0.2) is 76.4 Å². The van der Waals surface area contributed by atoms with Crippen LogP contribution in [0.5, 0.6) is 5.75 Å². The molecule has 1 aromatic heterocycles. The third kappa shape index (κ3) is 4.88. The van der Waals surface area contributed by atoms with E-state index in [0.717, 1.165) is 22.0 Å². The highest BCUT2D eigenvalue weighted by Gasteiger charge is 2.26. The predicted molar refractivity (Wildman–Crippen MR) is 130 cm³/mol. The van der Waals surface area contributed by atoms with Crippen LogP contribution in [0.25, 0.3) is 10.9 Å². The number of benzene rings is 3. The van der Waals surface area contributed by atoms with Crippen LogP contribution >= 0.6 is 0 Å². The molecule has 4 rings (SSSR count). The Morgan fingerprint density at radius 2 is 1.62 bits per heavy atom. The van der Waals surface area contributed by atoms with Gasteiger partial charge < -0.3 is 9.72 Å². The Morgan fingerprint density at radius 1 is 0.941 bits per heavy atom. The number of aromatic nitrogens is 1. The first-order valence-electron chi connectivity index (χ1n) is 10.7. The molecule has 0 fully saturated rings. The molecule has 0 amide bonds. The number of hydrogen-bond acceptors (Lipinski definition) is 4. The van der Waals surface area contributed by atoms with Crippen LogP contribution in [-0.4, -0.2) is 24.8 Å². The summed E-state index contributed by atoms with van der Waals surface area (Å²) in [5.74, 6) is 0.116. The van der Waals surface area contributed by atoms with E-state index in [1.54, 1.807) is 18.2 Å². The van der Waals surface area contributed by atoms with Gasteiger partial charge in [-0.05, 0) is 78.9 Å². The Labute approximate surface area is 197 Å². The largest absolute Gasteiger partial charge is 0.497 e. The molecule has 0 spiro atoms. The van der Waals surface area contributed by atoms with Gasteiger partial charge in [-0.25, -0.2) is 12.8 Å². The first kappa shape index (κ1) is 23.7. The van der Waals surface area contributed by atoms with Crippen molar-refractivity contribution in [2.75, 3.05) is 7.11 Å². The van der Waals surface area contributed by atoms with E-state index < -0.39 is 15.8 Å². The average Bonchev–Trinajstić information content (AvgIpc) is 2.81. The van der Waals surface area contributed by atoms with Crippen molar-refractivity contribution >= 4 is 20.9 Å². The number of rotatable bonds is 7. The Hall–Kier alpha value is -3.49. The van der Waals surface area contributed by atoms with Crippen molar-refractivity contribution in [1.82, 2.24) is 9.29 Å². The van der Waals surface area contributed by atoms with Crippen molar-refractivity contribution < 1.29 is 17.5 Å². The van der Waals surface area contributed by atoms with Crippen LogP contribution < -0.4 is 10.3 Å². The fraction of sp³-hybridized carbons (Fsp3) is 0.192. The zero-order valence-corrected chi connectivity index (χ0v) is 19.9. The first-order valence-corrected chi connectivity index (χ1v) is 12.1. The molecule has 3 aromatic carbocycles. The maximum atomic E-state index is 13.6. The van der Waals surface area contributed by atoms with Gasteiger partial charge in [-0.2, -0.15) is 4.31 Å². The summed E-state index contributed by atoms with van der Waals surface area (Å²) in [5.41, 5.74) is 3.26. The van der Waals surface area contributed by atoms with Crippen molar-refractivity contribution in [3.05, 3.63) is 105 Å². The van der Waals surface area contributed by atoms with Gasteiger partial charge in [0.15, 0.2) is 0 Å². The fourth-order valence-electron chi connectivity index (χ4n) is 3.96. The smallest absolute Gasteiger partial charge is 0.252 e. The maximum Gasteiger partial charge on any atom is 0.252 e. The first-order chi connectivity index (χ1) is 16.2. The minimum absolute atomic E-state index is 0.0288. The van der Waals surface area contributed by atoms with Crippen LogP contribution in [-0.2, 0) is 23.1 Å². The van der Waals surface area contributed by atoms with Crippen LogP contribution in [0, 0.1) is 19.7 Å². The van der Waals surface area contributed by atoms with Crippen LogP contribution in [0.3, 0.4) is 0 Å². The van der Waals surface area contributed by atoms with E-state index in [0.29, 0.717) is 16.9 Å². The van der Waals surface area contributed by atoms with Crippen LogP contribution in [0.1, 0.15) is 22.3 Å². The number of pyridine rings is 1. The Balaban J connectivity index is 1.78. The molecule has 0 atom stereocenters. The van der Waals surface area contributed by atoms with E-state index in [4.69, 9.17) is 4.74 Å². The summed E-state index contributed by atoms with van der Waals surface area (Å²) < 4.78 is 47.0. The SMILES string of the molecule is COc1ccc(S(=O)(=O)N(Cc2ccc(F)cc2)Cc2cc3cc(C)cc(C)c3[nH]c2=O)cc1. The van der Waals surface area contributed by atoms with E-state index in [-0.39, 0.29) is 23.5 Å². The molecule has 0 aliphatic rings. The number of fused-ring (bicyclic) bond motifs is 1. The molecule has 34 heavy (non-hydrogen) atoms. The van der Waals surface area contributed by atoms with Crippen LogP contribution in [0.2, 0.25) is 0 Å². The summed E-state index contributed by atoms with van der Waals surface area (Å²) in [5, 5.41) is 0.829. The second kappa shape index (κ2) is 9.40. The Kier molecular flexibility index (Phi) is 6.54. The monoisotopic (exact) mass is 480 g/mol. The molecule has 4 aromatic rings. The molecule has 8 heteroatoms. The number of nitrogens with one attached hydrogen (secondary N) is 1. The topological polar surface area (TPSA) is 79.5 Å². The van der Waals surface area contributed by atoms with E-state index in [1.165, 1.54) is 47.8 Å². The fourth-order valence-corrected chi connectivity index (χ4v) is 5.36. The van der Waals surface area contributed by atoms with Gasteiger partial charge in [0.2, 0.25) is 10.0 Å². The zero-order chi connectivity index (χ0) is 24.5. The third-order valence-electron chi connectivity index (χ3n) is 5.69. The number of sulfonamides is 1. The summed E-state index contributed by atoms with van der Waals surface area (Å²) in [7, 11) is -2.49. The van der Waals surface area contributed by atoms with Crippen molar-refractivity contribution in [2.45, 2.75) is 31.8 Å². The average molecular weight is 481 g/mol. The molecule has 0 radical (unpaired) electrons. The molecular weight excluding hydrogens is 455 g/mol. The molecule has 1 N–H and O–H groups in total. The van der Waals surface area contributed by atoms with Gasteiger partial charge in [-0.15, -0.1) is 0 Å². The maximum absolute atomic E-state index is 13.6. The lowest BCUT2D eigenvalue weighted by Gasteiger charge is -2.23. The number of methoxy groups -OCH3 is 1. The standard InChI is InChI=1S/C26H25FN2O4S/c1-17-12-18(2)25-20(13-17)14-21(26(30)28-25)16-29(15-19-4-6-22(27)7-5-19)34(31,32)24-10-8-23(33-3)9-11-24/h4-14H,15-16H2,1-3H3,(H,28,30). The summed E-state index contributed by atoms with van der Waals surface area (Å²) in [6.45, 7) is 3.70. The molecule has 0 aliphatic carbocycles. The predicted octanol–water partition coefficient (Wildman–Crippen LogP) is 4.68. The molecule has 0 saturated carbocycles. The van der Waals surface area contributed by atoms with Crippen molar-refractivity contribution in [3.8, 4) is 5.75 Å². The van der Waals surface area contributed by atoms with Gasteiger partial charge in [0.25, 0.3) is 5.56 Å². The second-order valence-electron chi connectivity index (χ2n) is 8.24. The van der Waals surface area contributed by atoms with E-state index >= 15 is 0 Å². The third-order valence-corrected chi connectivity index (χ3v) is 7.49. The highest BCUT2D eigenvalue weighted by Crippen LogP contribution is 2.24. The van der Waals surface area contributed by atoms with E-state index in [9.17, 15) is 17.6 Å². The van der Waals surface area contributed by atoms with Crippen LogP contribution in [0.4, 0.5) is 4.39 Å². The number of H-pyrrole nitrogens is 1. The number of ether oxygens (including phenoxy) is 1. The van der Waals surface area contributed by atoms with Gasteiger partial charge in [0.1, 0.15) is 11.6 Å². The summed E-state index contributed by atoms with van der Waals surface area (Å²) in [6, 6.07) is 17.3. The lowest BCUT2D eigenvalue weighted by atomic mass is 10.1. The molecular formula is C26H25FN2O4S. The zero-order valence-electron chi connectivity index (χ0n) is 19.1. The Morgan fingerprint density at radius 3 is 2.26 bits per heavy atom. The summed E-state index contributed by atoms with van der Waals surface area (Å²) in [4.78, 5) is 15.9. The van der Waals surface area contributed by atoms with Crippen molar-refractivity contribution in [3.63, 3.8) is 0 Å². The summed E-state index contributed by atoms with van der Waals surface area (Å²) >= 11 is 0. The minimum Gasteiger partial charge on any atom is -0.497 e. The molecule has 0 unspecified atom stereocenters. The van der Waals surface area contributed by atoms with Gasteiger partial charge in [0.05, 0.1) is 17.5 Å².